The number of carboxylic acids is 1. The van der Waals surface area contributed by atoms with Gasteiger partial charge >= 0.3 is 5.97 Å². The number of aromatic carboxylic acids is 1. The lowest BCUT2D eigenvalue weighted by Gasteiger charge is -2.11. The summed E-state index contributed by atoms with van der Waals surface area (Å²) in [4.78, 5) is 14.9. The molecule has 1 aromatic heterocycles. The number of ether oxygens (including phenoxy) is 1. The van der Waals surface area contributed by atoms with Gasteiger partial charge in [0.2, 0.25) is 0 Å². The molecule has 116 valence electrons. The Morgan fingerprint density at radius 3 is 2.43 bits per heavy atom. The maximum atomic E-state index is 11.1. The number of carboxylic acid groups (broad SMARTS) is 1. The van der Waals surface area contributed by atoms with Gasteiger partial charge in [0.1, 0.15) is 11.5 Å². The SMILES string of the molecule is O=C(O)c1nc(CO)c2cc(Oc3ccccc3)ccc2c1O. The summed E-state index contributed by atoms with van der Waals surface area (Å²) >= 11 is 0. The number of benzene rings is 2. The second kappa shape index (κ2) is 5.94. The third-order valence-corrected chi connectivity index (χ3v) is 3.36. The zero-order valence-electron chi connectivity index (χ0n) is 11.9. The van der Waals surface area contributed by atoms with E-state index in [-0.39, 0.29) is 5.69 Å². The van der Waals surface area contributed by atoms with Gasteiger partial charge < -0.3 is 20.1 Å². The second-order valence-corrected chi connectivity index (χ2v) is 4.84. The van der Waals surface area contributed by atoms with Crippen LogP contribution >= 0.6 is 0 Å². The quantitative estimate of drug-likeness (QED) is 0.685. The highest BCUT2D eigenvalue weighted by Gasteiger charge is 2.18. The van der Waals surface area contributed by atoms with Crippen LogP contribution < -0.4 is 4.74 Å². The first-order valence-electron chi connectivity index (χ1n) is 6.83. The van der Waals surface area contributed by atoms with Crippen LogP contribution in [0.5, 0.6) is 17.2 Å². The number of rotatable bonds is 4. The molecule has 0 unspecified atom stereocenters. The highest BCUT2D eigenvalue weighted by Crippen LogP contribution is 2.33. The van der Waals surface area contributed by atoms with Crippen molar-refractivity contribution in [3.8, 4) is 17.2 Å². The average molecular weight is 311 g/mol. The third-order valence-electron chi connectivity index (χ3n) is 3.36. The molecule has 0 aliphatic rings. The van der Waals surface area contributed by atoms with E-state index in [0.29, 0.717) is 22.3 Å². The highest BCUT2D eigenvalue weighted by molar-refractivity contribution is 5.99. The number of para-hydroxylation sites is 1. The first-order chi connectivity index (χ1) is 11.1. The Morgan fingerprint density at radius 2 is 1.78 bits per heavy atom. The predicted molar refractivity (Wildman–Crippen MR) is 82.8 cm³/mol. The van der Waals surface area contributed by atoms with Crippen molar-refractivity contribution >= 4 is 16.7 Å². The van der Waals surface area contributed by atoms with Crippen LogP contribution in [-0.4, -0.2) is 26.3 Å². The molecule has 6 heteroatoms. The van der Waals surface area contributed by atoms with Crippen molar-refractivity contribution in [2.24, 2.45) is 0 Å². The molecule has 0 aliphatic carbocycles. The Bertz CT molecular complexity index is 877. The molecule has 3 aromatic rings. The van der Waals surface area contributed by atoms with Crippen LogP contribution in [0.4, 0.5) is 0 Å². The number of carbonyl (C=O) groups is 1. The standard InChI is InChI=1S/C17H13NO5/c19-9-14-13-8-11(23-10-4-2-1-3-5-10)6-7-12(13)16(20)15(18-14)17(21)22/h1-8,19-20H,9H2,(H,21,22). The van der Waals surface area contributed by atoms with E-state index in [2.05, 4.69) is 4.98 Å². The minimum absolute atomic E-state index is 0.161. The fourth-order valence-electron chi connectivity index (χ4n) is 2.30. The summed E-state index contributed by atoms with van der Waals surface area (Å²) in [5.41, 5.74) is -0.327. The Kier molecular flexibility index (Phi) is 3.82. The second-order valence-electron chi connectivity index (χ2n) is 4.84. The molecule has 0 atom stereocenters. The van der Waals surface area contributed by atoms with Crippen molar-refractivity contribution < 1.29 is 24.9 Å². The molecule has 3 rings (SSSR count). The zero-order valence-corrected chi connectivity index (χ0v) is 11.9. The molecular weight excluding hydrogens is 298 g/mol. The monoisotopic (exact) mass is 311 g/mol. The van der Waals surface area contributed by atoms with Crippen molar-refractivity contribution in [2.75, 3.05) is 0 Å². The van der Waals surface area contributed by atoms with Crippen molar-refractivity contribution in [3.63, 3.8) is 0 Å². The summed E-state index contributed by atoms with van der Waals surface area (Å²) in [6.45, 7) is -0.453. The number of fused-ring (bicyclic) bond motifs is 1. The lowest BCUT2D eigenvalue weighted by atomic mass is 10.1. The predicted octanol–water partition coefficient (Wildman–Crippen LogP) is 2.92. The number of aliphatic hydroxyl groups excluding tert-OH is 1. The summed E-state index contributed by atoms with van der Waals surface area (Å²) in [7, 11) is 0. The molecule has 0 radical (unpaired) electrons. The van der Waals surface area contributed by atoms with Gasteiger partial charge in [-0.3, -0.25) is 0 Å². The smallest absolute Gasteiger partial charge is 0.358 e. The number of nitrogens with zero attached hydrogens (tertiary/aromatic N) is 1. The van der Waals surface area contributed by atoms with Gasteiger partial charge in [0.15, 0.2) is 11.4 Å². The Labute approximate surface area is 131 Å². The summed E-state index contributed by atoms with van der Waals surface area (Å²) in [6, 6.07) is 13.9. The van der Waals surface area contributed by atoms with Gasteiger partial charge in [-0.2, -0.15) is 0 Å². The molecule has 6 nitrogen and oxygen atoms in total. The van der Waals surface area contributed by atoms with E-state index >= 15 is 0 Å². The summed E-state index contributed by atoms with van der Waals surface area (Å²) in [5, 5.41) is 29.3. The Hall–Kier alpha value is -3.12. The van der Waals surface area contributed by atoms with Gasteiger partial charge in [0, 0.05) is 10.8 Å². The Morgan fingerprint density at radius 1 is 1.04 bits per heavy atom. The van der Waals surface area contributed by atoms with Gasteiger partial charge in [-0.1, -0.05) is 18.2 Å². The van der Waals surface area contributed by atoms with Crippen molar-refractivity contribution in [2.45, 2.75) is 6.61 Å². The molecule has 0 fully saturated rings. The normalized spacial score (nSPS) is 10.7. The molecule has 0 amide bonds. The van der Waals surface area contributed by atoms with Gasteiger partial charge in [-0.15, -0.1) is 0 Å². The number of hydrogen-bond donors (Lipinski definition) is 3. The van der Waals surface area contributed by atoms with Gasteiger partial charge in [0.05, 0.1) is 12.3 Å². The van der Waals surface area contributed by atoms with Gasteiger partial charge in [-0.25, -0.2) is 9.78 Å². The van der Waals surface area contributed by atoms with Crippen molar-refractivity contribution in [1.29, 1.82) is 0 Å². The fourth-order valence-corrected chi connectivity index (χ4v) is 2.30. The number of pyridine rings is 1. The van der Waals surface area contributed by atoms with E-state index < -0.39 is 24.0 Å². The van der Waals surface area contributed by atoms with Crippen LogP contribution in [0.15, 0.2) is 48.5 Å². The minimum atomic E-state index is -1.36. The molecule has 0 spiro atoms. The van der Waals surface area contributed by atoms with E-state index in [4.69, 9.17) is 9.84 Å². The summed E-state index contributed by atoms with van der Waals surface area (Å²) < 4.78 is 5.70. The molecule has 0 saturated heterocycles. The molecule has 1 heterocycles. The molecule has 3 N–H and O–H groups in total. The van der Waals surface area contributed by atoms with Crippen molar-refractivity contribution in [3.05, 3.63) is 59.9 Å². The first kappa shape index (κ1) is 14.8. The van der Waals surface area contributed by atoms with E-state index in [9.17, 15) is 15.0 Å². The van der Waals surface area contributed by atoms with Crippen LogP contribution in [0, 0.1) is 0 Å². The van der Waals surface area contributed by atoms with Crippen LogP contribution in [0.2, 0.25) is 0 Å². The first-order valence-corrected chi connectivity index (χ1v) is 6.83. The number of hydrogen-bond acceptors (Lipinski definition) is 5. The topological polar surface area (TPSA) is 99.9 Å². The number of aromatic nitrogens is 1. The van der Waals surface area contributed by atoms with E-state index in [1.165, 1.54) is 6.07 Å². The molecule has 0 aliphatic heterocycles. The van der Waals surface area contributed by atoms with Gasteiger partial charge in [0.25, 0.3) is 0 Å². The lowest BCUT2D eigenvalue weighted by Crippen LogP contribution is -2.05. The molecule has 23 heavy (non-hydrogen) atoms. The molecule has 2 aromatic carbocycles. The van der Waals surface area contributed by atoms with Crippen molar-refractivity contribution in [1.82, 2.24) is 4.98 Å². The highest BCUT2D eigenvalue weighted by atomic mass is 16.5. The number of aromatic hydroxyl groups is 1. The summed E-state index contributed by atoms with van der Waals surface area (Å²) in [6.07, 6.45) is 0. The van der Waals surface area contributed by atoms with E-state index in [1.807, 2.05) is 18.2 Å². The van der Waals surface area contributed by atoms with Crippen LogP contribution in [0.1, 0.15) is 16.2 Å². The molecular formula is C17H13NO5. The largest absolute Gasteiger partial charge is 0.505 e. The maximum Gasteiger partial charge on any atom is 0.358 e. The van der Waals surface area contributed by atoms with Crippen LogP contribution in [0.25, 0.3) is 10.8 Å². The van der Waals surface area contributed by atoms with Crippen LogP contribution in [0.3, 0.4) is 0 Å². The summed E-state index contributed by atoms with van der Waals surface area (Å²) in [5.74, 6) is -0.668. The minimum Gasteiger partial charge on any atom is -0.505 e. The zero-order chi connectivity index (χ0) is 16.4. The van der Waals surface area contributed by atoms with Crippen LogP contribution in [-0.2, 0) is 6.61 Å². The lowest BCUT2D eigenvalue weighted by molar-refractivity contribution is 0.0686. The molecule has 0 saturated carbocycles. The Balaban J connectivity index is 2.12. The van der Waals surface area contributed by atoms with Gasteiger partial charge in [-0.05, 0) is 30.3 Å². The van der Waals surface area contributed by atoms with E-state index in [1.54, 1.807) is 24.3 Å². The third kappa shape index (κ3) is 2.79. The fraction of sp³-hybridized carbons (Fsp3) is 0.0588. The number of aliphatic hydroxyl groups is 1. The van der Waals surface area contributed by atoms with E-state index in [0.717, 1.165) is 0 Å². The average Bonchev–Trinajstić information content (AvgIpc) is 2.56. The molecule has 0 bridgehead atoms. The maximum absolute atomic E-state index is 11.1.